The normalized spacial score (nSPS) is 11.2. The Bertz CT molecular complexity index is 1350. The number of ether oxygens (including phenoxy) is 2. The number of aryl methyl sites for hydroxylation is 2. The van der Waals surface area contributed by atoms with Gasteiger partial charge in [-0.1, -0.05) is 25.1 Å². The first-order valence-electron chi connectivity index (χ1n) is 11.2. The van der Waals surface area contributed by atoms with Crippen LogP contribution >= 0.6 is 0 Å². The summed E-state index contributed by atoms with van der Waals surface area (Å²) in [6, 6.07) is 8.75. The van der Waals surface area contributed by atoms with Crippen molar-refractivity contribution in [1.82, 2.24) is 18.9 Å². The van der Waals surface area contributed by atoms with E-state index >= 15 is 0 Å². The zero-order valence-electron chi connectivity index (χ0n) is 19.7. The summed E-state index contributed by atoms with van der Waals surface area (Å²) in [6.07, 6.45) is 4.47. The number of hydrogen-bond donors (Lipinski definition) is 1. The quantitative estimate of drug-likeness (QED) is 0.419. The Labute approximate surface area is 197 Å². The highest BCUT2D eigenvalue weighted by Gasteiger charge is 2.23. The molecule has 0 atom stereocenters. The molecule has 0 spiro atoms. The second kappa shape index (κ2) is 9.46. The zero-order chi connectivity index (χ0) is 24.4. The number of hydrogen-bond acceptors (Lipinski definition) is 5. The summed E-state index contributed by atoms with van der Waals surface area (Å²) in [5, 5.41) is 10.6. The molecule has 9 heteroatoms. The summed E-state index contributed by atoms with van der Waals surface area (Å²) in [6.45, 7) is 5.26. The molecule has 3 aromatic heterocycles. The molecule has 34 heavy (non-hydrogen) atoms. The third-order valence-electron chi connectivity index (χ3n) is 5.64. The standard InChI is InChI=1S/C25H28N4O5/c1-5-21-26-16(14-28(21)6-2)11-12-33-20-13-17(34-25(32)27(3)4)15-29-19-10-8-7-9-18(19)22(23(20)29)24(30)31/h7-10,13-15H,5-6,11-12H2,1-4H3,(H,30,31). The lowest BCUT2D eigenvalue weighted by atomic mass is 10.1. The van der Waals surface area contributed by atoms with Crippen molar-refractivity contribution in [1.29, 1.82) is 0 Å². The number of carboxylic acids is 1. The number of pyridine rings is 1. The van der Waals surface area contributed by atoms with Gasteiger partial charge in [0.05, 0.1) is 29.6 Å². The van der Waals surface area contributed by atoms with E-state index in [2.05, 4.69) is 23.4 Å². The minimum Gasteiger partial charge on any atom is -0.491 e. The number of imidazole rings is 1. The second-order valence-electron chi connectivity index (χ2n) is 8.10. The van der Waals surface area contributed by atoms with Gasteiger partial charge in [0, 0.05) is 51.1 Å². The molecule has 4 rings (SSSR count). The van der Waals surface area contributed by atoms with Gasteiger partial charge in [0.15, 0.2) is 5.75 Å². The number of nitrogens with zero attached hydrogens (tertiary/aromatic N) is 4. The predicted octanol–water partition coefficient (Wildman–Crippen LogP) is 4.25. The molecule has 1 aromatic carbocycles. The number of carbonyl (C=O) groups is 2. The fourth-order valence-electron chi connectivity index (χ4n) is 4.03. The third-order valence-corrected chi connectivity index (χ3v) is 5.64. The average molecular weight is 465 g/mol. The molecule has 9 nitrogen and oxygen atoms in total. The second-order valence-corrected chi connectivity index (χ2v) is 8.10. The molecule has 0 radical (unpaired) electrons. The average Bonchev–Trinajstić information content (AvgIpc) is 3.37. The van der Waals surface area contributed by atoms with Gasteiger partial charge in [0.1, 0.15) is 17.1 Å². The van der Waals surface area contributed by atoms with E-state index < -0.39 is 12.1 Å². The number of carbonyl (C=O) groups excluding carboxylic acids is 1. The van der Waals surface area contributed by atoms with Crippen molar-refractivity contribution in [3.8, 4) is 11.5 Å². The molecule has 1 N–H and O–H groups in total. The van der Waals surface area contributed by atoms with Crippen molar-refractivity contribution in [2.45, 2.75) is 33.2 Å². The van der Waals surface area contributed by atoms with Crippen LogP contribution in [-0.2, 0) is 19.4 Å². The molecule has 0 aliphatic carbocycles. The lowest BCUT2D eigenvalue weighted by Crippen LogP contribution is -2.25. The molecule has 3 heterocycles. The van der Waals surface area contributed by atoms with E-state index in [1.165, 1.54) is 4.90 Å². The minimum absolute atomic E-state index is 0.139. The van der Waals surface area contributed by atoms with Crippen molar-refractivity contribution >= 4 is 28.5 Å². The van der Waals surface area contributed by atoms with E-state index in [0.29, 0.717) is 28.6 Å². The Morgan fingerprint density at radius 1 is 1.15 bits per heavy atom. The first-order chi connectivity index (χ1) is 16.3. The molecule has 1 amide bonds. The van der Waals surface area contributed by atoms with Crippen LogP contribution in [0.3, 0.4) is 0 Å². The van der Waals surface area contributed by atoms with Gasteiger partial charge in [-0.2, -0.15) is 0 Å². The fraction of sp³-hybridized carbons (Fsp3) is 0.320. The SMILES string of the molecule is CCc1nc(CCOc2cc(OC(=O)N(C)C)cn3c2c(C(=O)O)c2ccccc23)cn1CC. The molecule has 4 aromatic rings. The maximum absolute atomic E-state index is 12.2. The van der Waals surface area contributed by atoms with Crippen LogP contribution in [0.5, 0.6) is 11.5 Å². The van der Waals surface area contributed by atoms with Gasteiger partial charge in [-0.15, -0.1) is 0 Å². The van der Waals surface area contributed by atoms with Crippen molar-refractivity contribution in [3.63, 3.8) is 0 Å². The highest BCUT2D eigenvalue weighted by atomic mass is 16.6. The summed E-state index contributed by atoms with van der Waals surface area (Å²) in [4.78, 5) is 30.4. The van der Waals surface area contributed by atoms with E-state index in [-0.39, 0.29) is 17.9 Å². The molecule has 0 aliphatic heterocycles. The topological polar surface area (TPSA) is 98.3 Å². The van der Waals surface area contributed by atoms with Crippen LogP contribution in [0.1, 0.15) is 35.7 Å². The van der Waals surface area contributed by atoms with E-state index in [1.54, 1.807) is 42.9 Å². The first kappa shape index (κ1) is 23.2. The maximum Gasteiger partial charge on any atom is 0.414 e. The first-order valence-corrected chi connectivity index (χ1v) is 11.2. The summed E-state index contributed by atoms with van der Waals surface area (Å²) < 4.78 is 15.4. The maximum atomic E-state index is 12.2. The lowest BCUT2D eigenvalue weighted by molar-refractivity contribution is 0.0700. The van der Waals surface area contributed by atoms with Gasteiger partial charge in [0.2, 0.25) is 0 Å². The molecule has 0 saturated carbocycles. The Morgan fingerprint density at radius 2 is 1.91 bits per heavy atom. The molecule has 0 bridgehead atoms. The Hall–Kier alpha value is -4.01. The van der Waals surface area contributed by atoms with Crippen LogP contribution in [0.2, 0.25) is 0 Å². The van der Waals surface area contributed by atoms with Gasteiger partial charge in [-0.25, -0.2) is 14.6 Å². The van der Waals surface area contributed by atoms with Gasteiger partial charge in [0.25, 0.3) is 0 Å². The van der Waals surface area contributed by atoms with Crippen molar-refractivity contribution < 1.29 is 24.2 Å². The molecular formula is C25H28N4O5. The Morgan fingerprint density at radius 3 is 2.56 bits per heavy atom. The number of para-hydroxylation sites is 1. The summed E-state index contributed by atoms with van der Waals surface area (Å²) in [5.74, 6) is 0.532. The van der Waals surface area contributed by atoms with Crippen molar-refractivity contribution in [3.05, 3.63) is 59.8 Å². The van der Waals surface area contributed by atoms with Crippen LogP contribution in [0, 0.1) is 0 Å². The number of aromatic carboxylic acids is 1. The number of amides is 1. The van der Waals surface area contributed by atoms with E-state index in [1.807, 2.05) is 18.3 Å². The molecule has 0 aliphatic rings. The highest BCUT2D eigenvalue weighted by Crippen LogP contribution is 2.36. The molecule has 0 fully saturated rings. The third kappa shape index (κ3) is 4.28. The van der Waals surface area contributed by atoms with Crippen molar-refractivity contribution in [2.75, 3.05) is 20.7 Å². The van der Waals surface area contributed by atoms with Crippen LogP contribution in [-0.4, -0.2) is 56.7 Å². The monoisotopic (exact) mass is 464 g/mol. The minimum atomic E-state index is -1.06. The number of rotatable bonds is 8. The number of fused-ring (bicyclic) bond motifs is 3. The summed E-state index contributed by atoms with van der Waals surface area (Å²) in [5.41, 5.74) is 2.13. The number of benzene rings is 1. The van der Waals surface area contributed by atoms with Gasteiger partial charge in [-0.3, -0.25) is 0 Å². The Balaban J connectivity index is 1.76. The zero-order valence-corrected chi connectivity index (χ0v) is 19.7. The molecular weight excluding hydrogens is 436 g/mol. The van der Waals surface area contributed by atoms with Gasteiger partial charge >= 0.3 is 12.1 Å². The van der Waals surface area contributed by atoms with Crippen LogP contribution in [0.25, 0.3) is 16.4 Å². The summed E-state index contributed by atoms with van der Waals surface area (Å²) in [7, 11) is 3.18. The molecule has 0 saturated heterocycles. The van der Waals surface area contributed by atoms with Crippen molar-refractivity contribution in [2.24, 2.45) is 0 Å². The van der Waals surface area contributed by atoms with Gasteiger partial charge in [-0.05, 0) is 13.0 Å². The smallest absolute Gasteiger partial charge is 0.414 e. The molecule has 178 valence electrons. The van der Waals surface area contributed by atoms with E-state index in [4.69, 9.17) is 9.47 Å². The predicted molar refractivity (Wildman–Crippen MR) is 128 cm³/mol. The number of carboxylic acid groups (broad SMARTS) is 1. The fourth-order valence-corrected chi connectivity index (χ4v) is 4.03. The molecule has 0 unspecified atom stereocenters. The Kier molecular flexibility index (Phi) is 6.45. The van der Waals surface area contributed by atoms with Crippen LogP contribution < -0.4 is 9.47 Å². The van der Waals surface area contributed by atoms with E-state index in [0.717, 1.165) is 24.5 Å². The number of aromatic nitrogens is 3. The highest BCUT2D eigenvalue weighted by molar-refractivity contribution is 6.12. The largest absolute Gasteiger partial charge is 0.491 e. The summed E-state index contributed by atoms with van der Waals surface area (Å²) >= 11 is 0. The lowest BCUT2D eigenvalue weighted by Gasteiger charge is -2.14. The van der Waals surface area contributed by atoms with Crippen LogP contribution in [0.4, 0.5) is 4.79 Å². The van der Waals surface area contributed by atoms with Gasteiger partial charge < -0.3 is 28.4 Å². The van der Waals surface area contributed by atoms with Crippen LogP contribution in [0.15, 0.2) is 42.7 Å². The van der Waals surface area contributed by atoms with E-state index in [9.17, 15) is 14.7 Å².